The molecule has 0 aromatic rings. The van der Waals surface area contributed by atoms with E-state index in [0.717, 1.165) is 26.1 Å². The Morgan fingerprint density at radius 2 is 2.50 bits per heavy atom. The lowest BCUT2D eigenvalue weighted by Gasteiger charge is -2.14. The first-order valence-electron chi connectivity index (χ1n) is 4.34. The van der Waals surface area contributed by atoms with Gasteiger partial charge in [0, 0.05) is 19.1 Å². The highest BCUT2D eigenvalue weighted by Crippen LogP contribution is 2.09. The fourth-order valence-electron chi connectivity index (χ4n) is 1.51. The van der Waals surface area contributed by atoms with Crippen LogP contribution in [0.3, 0.4) is 0 Å². The predicted octanol–water partition coefficient (Wildman–Crippen LogP) is 0.437. The molecule has 1 amide bonds. The molecular weight excluding hydrogens is 156 g/mol. The monoisotopic (exact) mass is 172 g/mol. The molecule has 1 fully saturated rings. The summed E-state index contributed by atoms with van der Waals surface area (Å²) in [6, 6.07) is 0.453. The quantitative estimate of drug-likeness (QED) is 0.657. The maximum absolute atomic E-state index is 11.0. The van der Waals surface area contributed by atoms with Crippen molar-refractivity contribution in [1.82, 2.24) is 10.2 Å². The van der Waals surface area contributed by atoms with E-state index in [2.05, 4.69) is 17.0 Å². The first-order chi connectivity index (χ1) is 5.77. The summed E-state index contributed by atoms with van der Waals surface area (Å²) in [4.78, 5) is 12.8. The molecule has 1 N–H and O–H groups in total. The molecule has 0 unspecified atom stereocenters. The Labute approximate surface area is 72.9 Å². The number of hydrogen-bond donors (Lipinski definition) is 1. The Balaban J connectivity index is 2.30. The van der Waals surface area contributed by atoms with Gasteiger partial charge in [0.15, 0.2) is 0 Å². The number of likely N-dealkylation sites (N-methyl/N-ethyl adjacent to an activating group) is 1. The van der Waals surface area contributed by atoms with E-state index >= 15 is 0 Å². The molecule has 12 heavy (non-hydrogen) atoms. The topological polar surface area (TPSA) is 41.6 Å². The zero-order chi connectivity index (χ0) is 8.97. The van der Waals surface area contributed by atoms with Crippen LogP contribution in [0.25, 0.3) is 0 Å². The van der Waals surface area contributed by atoms with Gasteiger partial charge in [-0.05, 0) is 13.0 Å². The van der Waals surface area contributed by atoms with Crippen LogP contribution in [0, 0.1) is 0 Å². The van der Waals surface area contributed by atoms with Crippen molar-refractivity contribution in [3.05, 3.63) is 0 Å². The molecule has 0 aliphatic carbocycles. The lowest BCUT2D eigenvalue weighted by atomic mass is 10.3. The van der Waals surface area contributed by atoms with Crippen molar-refractivity contribution in [2.24, 2.45) is 0 Å². The van der Waals surface area contributed by atoms with Crippen LogP contribution < -0.4 is 5.32 Å². The minimum absolute atomic E-state index is 0.213. The third kappa shape index (κ3) is 2.11. The average Bonchev–Trinajstić information content (AvgIpc) is 2.52. The van der Waals surface area contributed by atoms with Gasteiger partial charge < -0.3 is 15.0 Å². The molecule has 4 heteroatoms. The van der Waals surface area contributed by atoms with Crippen LogP contribution in [0.5, 0.6) is 0 Å². The van der Waals surface area contributed by atoms with Crippen LogP contribution in [0.2, 0.25) is 0 Å². The fourth-order valence-corrected chi connectivity index (χ4v) is 1.51. The summed E-state index contributed by atoms with van der Waals surface area (Å²) >= 11 is 0. The molecule has 1 aliphatic rings. The van der Waals surface area contributed by atoms with E-state index in [9.17, 15) is 4.79 Å². The minimum atomic E-state index is -0.213. The summed E-state index contributed by atoms with van der Waals surface area (Å²) in [5, 5.41) is 3.30. The summed E-state index contributed by atoms with van der Waals surface area (Å²) in [5.41, 5.74) is 0. The van der Waals surface area contributed by atoms with Crippen LogP contribution in [0.1, 0.15) is 13.3 Å². The Hall–Kier alpha value is -0.770. The molecular formula is C8H16N2O2. The van der Waals surface area contributed by atoms with Gasteiger partial charge in [0.05, 0.1) is 7.11 Å². The van der Waals surface area contributed by atoms with Gasteiger partial charge in [0.1, 0.15) is 0 Å². The largest absolute Gasteiger partial charge is 0.453 e. The molecule has 0 saturated carbocycles. The highest BCUT2D eigenvalue weighted by atomic mass is 16.5. The molecule has 1 saturated heterocycles. The minimum Gasteiger partial charge on any atom is -0.453 e. The zero-order valence-electron chi connectivity index (χ0n) is 7.67. The third-order valence-corrected chi connectivity index (χ3v) is 2.11. The smallest absolute Gasteiger partial charge is 0.409 e. The van der Waals surface area contributed by atoms with E-state index in [1.54, 1.807) is 4.90 Å². The Morgan fingerprint density at radius 3 is 3.08 bits per heavy atom. The zero-order valence-corrected chi connectivity index (χ0v) is 7.67. The lowest BCUT2D eigenvalue weighted by molar-refractivity contribution is 0.132. The van der Waals surface area contributed by atoms with Gasteiger partial charge in [-0.1, -0.05) is 6.92 Å². The number of rotatable bonds is 2. The highest BCUT2D eigenvalue weighted by Gasteiger charge is 2.25. The standard InChI is InChI=1S/C8H16N2O2/c1-3-9-7-4-5-10(6-7)8(11)12-2/h7,9H,3-6H2,1-2H3/t7-/m0/s1. The molecule has 70 valence electrons. The van der Waals surface area contributed by atoms with E-state index in [0.29, 0.717) is 6.04 Å². The summed E-state index contributed by atoms with van der Waals surface area (Å²) in [6.45, 7) is 4.62. The average molecular weight is 172 g/mol. The van der Waals surface area contributed by atoms with Gasteiger partial charge in [0.25, 0.3) is 0 Å². The molecule has 0 aromatic heterocycles. The van der Waals surface area contributed by atoms with Crippen LogP contribution in [-0.4, -0.2) is 43.8 Å². The van der Waals surface area contributed by atoms with Crippen molar-refractivity contribution in [3.63, 3.8) is 0 Å². The second-order valence-corrected chi connectivity index (χ2v) is 2.96. The summed E-state index contributed by atoms with van der Waals surface area (Å²) in [6.07, 6.45) is 0.818. The van der Waals surface area contributed by atoms with Crippen LogP contribution in [-0.2, 0) is 4.74 Å². The Bertz CT molecular complexity index is 161. The molecule has 1 heterocycles. The van der Waals surface area contributed by atoms with E-state index < -0.39 is 0 Å². The number of ether oxygens (including phenoxy) is 1. The van der Waals surface area contributed by atoms with Crippen molar-refractivity contribution in [2.45, 2.75) is 19.4 Å². The molecule has 0 spiro atoms. The maximum atomic E-state index is 11.0. The van der Waals surface area contributed by atoms with Gasteiger partial charge in [0.2, 0.25) is 0 Å². The second kappa shape index (κ2) is 4.30. The van der Waals surface area contributed by atoms with Crippen molar-refractivity contribution >= 4 is 6.09 Å². The summed E-state index contributed by atoms with van der Waals surface area (Å²) in [5.74, 6) is 0. The molecule has 4 nitrogen and oxygen atoms in total. The number of amides is 1. The fraction of sp³-hybridized carbons (Fsp3) is 0.875. The van der Waals surface area contributed by atoms with Gasteiger partial charge in [-0.15, -0.1) is 0 Å². The second-order valence-electron chi connectivity index (χ2n) is 2.96. The summed E-state index contributed by atoms with van der Waals surface area (Å²) < 4.78 is 4.62. The van der Waals surface area contributed by atoms with E-state index in [1.165, 1.54) is 7.11 Å². The molecule has 0 aromatic carbocycles. The van der Waals surface area contributed by atoms with Crippen molar-refractivity contribution in [2.75, 3.05) is 26.7 Å². The first-order valence-corrected chi connectivity index (χ1v) is 4.34. The number of nitrogens with zero attached hydrogens (tertiary/aromatic N) is 1. The number of hydrogen-bond acceptors (Lipinski definition) is 3. The van der Waals surface area contributed by atoms with Crippen molar-refractivity contribution in [3.8, 4) is 0 Å². The van der Waals surface area contributed by atoms with Crippen molar-refractivity contribution < 1.29 is 9.53 Å². The summed E-state index contributed by atoms with van der Waals surface area (Å²) in [7, 11) is 1.42. The molecule has 1 atom stereocenters. The van der Waals surface area contributed by atoms with E-state index in [-0.39, 0.29) is 6.09 Å². The van der Waals surface area contributed by atoms with Gasteiger partial charge in [-0.25, -0.2) is 4.79 Å². The molecule has 1 rings (SSSR count). The number of methoxy groups -OCH3 is 1. The first kappa shape index (κ1) is 9.32. The van der Waals surface area contributed by atoms with E-state index in [1.807, 2.05) is 0 Å². The van der Waals surface area contributed by atoms with Crippen LogP contribution in [0.15, 0.2) is 0 Å². The molecule has 0 bridgehead atoms. The van der Waals surface area contributed by atoms with E-state index in [4.69, 9.17) is 0 Å². The lowest BCUT2D eigenvalue weighted by Crippen LogP contribution is -2.34. The SMILES string of the molecule is CCN[C@H]1CCN(C(=O)OC)C1. The molecule has 1 aliphatic heterocycles. The third-order valence-electron chi connectivity index (χ3n) is 2.11. The van der Waals surface area contributed by atoms with Gasteiger partial charge in [-0.2, -0.15) is 0 Å². The Kier molecular flexibility index (Phi) is 3.34. The number of likely N-dealkylation sites (tertiary alicyclic amines) is 1. The van der Waals surface area contributed by atoms with Crippen molar-refractivity contribution in [1.29, 1.82) is 0 Å². The Morgan fingerprint density at radius 1 is 1.75 bits per heavy atom. The maximum Gasteiger partial charge on any atom is 0.409 e. The number of carbonyl (C=O) groups excluding carboxylic acids is 1. The molecule has 0 radical (unpaired) electrons. The number of nitrogens with one attached hydrogen (secondary N) is 1. The van der Waals surface area contributed by atoms with Crippen LogP contribution in [0.4, 0.5) is 4.79 Å². The predicted molar refractivity (Wildman–Crippen MR) is 46.1 cm³/mol. The van der Waals surface area contributed by atoms with Gasteiger partial charge in [-0.3, -0.25) is 0 Å². The van der Waals surface area contributed by atoms with Crippen LogP contribution >= 0.6 is 0 Å². The van der Waals surface area contributed by atoms with Gasteiger partial charge >= 0.3 is 6.09 Å². The number of carbonyl (C=O) groups is 1. The highest BCUT2D eigenvalue weighted by molar-refractivity contribution is 5.67. The normalized spacial score (nSPS) is 22.8.